The number of likely N-dealkylation sites (tertiary alicyclic amines) is 1. The number of nitrogens with two attached hydrogens (primary N) is 1. The van der Waals surface area contributed by atoms with Crippen molar-refractivity contribution in [3.05, 3.63) is 33.8 Å². The zero-order valence-corrected chi connectivity index (χ0v) is 15.7. The number of halogens is 2. The van der Waals surface area contributed by atoms with Gasteiger partial charge in [-0.15, -0.1) is 12.4 Å². The molecule has 1 amide bonds. The van der Waals surface area contributed by atoms with Crippen molar-refractivity contribution in [1.82, 2.24) is 4.90 Å². The van der Waals surface area contributed by atoms with Crippen molar-refractivity contribution in [2.24, 2.45) is 11.1 Å². The molecule has 126 valence electrons. The van der Waals surface area contributed by atoms with Gasteiger partial charge in [0.15, 0.2) is 0 Å². The van der Waals surface area contributed by atoms with Crippen LogP contribution in [0.4, 0.5) is 0 Å². The largest absolute Gasteiger partial charge is 0.488 e. The Labute approximate surface area is 151 Å². The molecule has 2 aliphatic rings. The fraction of sp³-hybridized carbons (Fsp3) is 0.471. The first kappa shape index (κ1) is 18.3. The van der Waals surface area contributed by atoms with Gasteiger partial charge in [0.05, 0.1) is 5.57 Å². The molecule has 0 aromatic heterocycles. The Bertz CT molecular complexity index is 645. The van der Waals surface area contributed by atoms with E-state index in [0.29, 0.717) is 25.3 Å². The third-order valence-corrected chi connectivity index (χ3v) is 5.05. The number of hydrogen-bond acceptors (Lipinski definition) is 3. The summed E-state index contributed by atoms with van der Waals surface area (Å²) >= 11 is 3.45. The number of piperidine rings is 1. The first-order valence-electron chi connectivity index (χ1n) is 7.54. The molecule has 1 atom stereocenters. The summed E-state index contributed by atoms with van der Waals surface area (Å²) in [7, 11) is 0. The lowest BCUT2D eigenvalue weighted by Crippen LogP contribution is -2.54. The highest BCUT2D eigenvalue weighted by Gasteiger charge is 2.36. The van der Waals surface area contributed by atoms with Gasteiger partial charge < -0.3 is 15.4 Å². The van der Waals surface area contributed by atoms with E-state index < -0.39 is 0 Å². The number of hydrogen-bond donors (Lipinski definition) is 1. The quantitative estimate of drug-likeness (QED) is 0.786. The molecule has 1 aromatic carbocycles. The molecule has 3 rings (SSSR count). The van der Waals surface area contributed by atoms with Crippen LogP contribution in [0, 0.1) is 5.41 Å². The lowest BCUT2D eigenvalue weighted by Gasteiger charge is -2.43. The van der Waals surface area contributed by atoms with Crippen LogP contribution in [-0.2, 0) is 4.79 Å². The first-order valence-corrected chi connectivity index (χ1v) is 8.34. The van der Waals surface area contributed by atoms with Crippen molar-refractivity contribution in [2.45, 2.75) is 26.3 Å². The summed E-state index contributed by atoms with van der Waals surface area (Å²) in [6, 6.07) is 5.97. The Morgan fingerprint density at radius 3 is 2.87 bits per heavy atom. The Balaban J connectivity index is 0.00000192. The summed E-state index contributed by atoms with van der Waals surface area (Å²) in [5.41, 5.74) is 7.75. The van der Waals surface area contributed by atoms with Crippen LogP contribution in [0.2, 0.25) is 0 Å². The zero-order chi connectivity index (χ0) is 15.9. The summed E-state index contributed by atoms with van der Waals surface area (Å²) in [5, 5.41) is 0. The number of ether oxygens (including phenoxy) is 1. The SMILES string of the molecule is CC1(C)CN(C(=O)C2=Cc3cc(Br)ccc3OC2)CCC1N.Cl. The molecule has 2 aliphatic heterocycles. The molecule has 0 spiro atoms. The van der Waals surface area contributed by atoms with E-state index >= 15 is 0 Å². The average Bonchev–Trinajstić information content (AvgIpc) is 2.48. The van der Waals surface area contributed by atoms with Crippen LogP contribution in [-0.4, -0.2) is 36.5 Å². The Morgan fingerprint density at radius 2 is 2.17 bits per heavy atom. The highest BCUT2D eigenvalue weighted by atomic mass is 79.9. The van der Waals surface area contributed by atoms with Crippen LogP contribution in [0.5, 0.6) is 5.75 Å². The molecule has 1 saturated heterocycles. The Kier molecular flexibility index (Phi) is 5.44. The fourth-order valence-corrected chi connectivity index (χ4v) is 3.40. The van der Waals surface area contributed by atoms with Gasteiger partial charge in [0, 0.05) is 29.2 Å². The van der Waals surface area contributed by atoms with E-state index in [-0.39, 0.29) is 29.8 Å². The minimum atomic E-state index is -0.0507. The van der Waals surface area contributed by atoms with Crippen LogP contribution < -0.4 is 10.5 Å². The molecule has 2 heterocycles. The van der Waals surface area contributed by atoms with Crippen LogP contribution in [0.15, 0.2) is 28.2 Å². The number of amides is 1. The Morgan fingerprint density at radius 1 is 1.43 bits per heavy atom. The highest BCUT2D eigenvalue weighted by molar-refractivity contribution is 9.10. The lowest BCUT2D eigenvalue weighted by atomic mass is 9.79. The lowest BCUT2D eigenvalue weighted by molar-refractivity contribution is -0.130. The van der Waals surface area contributed by atoms with Crippen molar-refractivity contribution in [2.75, 3.05) is 19.7 Å². The minimum Gasteiger partial charge on any atom is -0.488 e. The molecule has 1 unspecified atom stereocenters. The second kappa shape index (κ2) is 6.83. The van der Waals surface area contributed by atoms with Crippen LogP contribution in [0.25, 0.3) is 6.08 Å². The molecule has 23 heavy (non-hydrogen) atoms. The van der Waals surface area contributed by atoms with E-state index in [2.05, 4.69) is 29.8 Å². The molecule has 6 heteroatoms. The standard InChI is InChI=1S/C17H21BrN2O2.ClH/c1-17(2)10-20(6-5-15(17)19)16(21)12-7-11-8-13(18)3-4-14(11)22-9-12;/h3-4,7-8,15H,5-6,9-10,19H2,1-2H3;1H. The number of carbonyl (C=O) groups excluding carboxylic acids is 1. The third-order valence-electron chi connectivity index (χ3n) is 4.56. The molecule has 2 N–H and O–H groups in total. The van der Waals surface area contributed by atoms with Crippen molar-refractivity contribution < 1.29 is 9.53 Å². The van der Waals surface area contributed by atoms with Gasteiger partial charge in [-0.05, 0) is 36.1 Å². The summed E-state index contributed by atoms with van der Waals surface area (Å²) in [4.78, 5) is 14.7. The zero-order valence-electron chi connectivity index (χ0n) is 13.3. The summed E-state index contributed by atoms with van der Waals surface area (Å²) in [5.74, 6) is 0.881. The molecule has 0 saturated carbocycles. The van der Waals surface area contributed by atoms with Crippen LogP contribution in [0.3, 0.4) is 0 Å². The number of fused-ring (bicyclic) bond motifs is 1. The molecule has 0 bridgehead atoms. The average molecular weight is 402 g/mol. The maximum absolute atomic E-state index is 12.8. The van der Waals surface area contributed by atoms with Gasteiger partial charge in [-0.1, -0.05) is 29.8 Å². The molecule has 4 nitrogen and oxygen atoms in total. The maximum atomic E-state index is 12.8. The highest BCUT2D eigenvalue weighted by Crippen LogP contribution is 2.32. The van der Waals surface area contributed by atoms with E-state index in [0.717, 1.165) is 22.2 Å². The summed E-state index contributed by atoms with van der Waals surface area (Å²) in [6.07, 6.45) is 2.78. The van der Waals surface area contributed by atoms with E-state index in [9.17, 15) is 4.79 Å². The Hall–Kier alpha value is -1.04. The van der Waals surface area contributed by atoms with Gasteiger partial charge in [0.25, 0.3) is 5.91 Å². The van der Waals surface area contributed by atoms with E-state index in [1.165, 1.54) is 0 Å². The molecule has 0 radical (unpaired) electrons. The fourth-order valence-electron chi connectivity index (χ4n) is 3.02. The van der Waals surface area contributed by atoms with Crippen molar-refractivity contribution in [3.63, 3.8) is 0 Å². The van der Waals surface area contributed by atoms with Gasteiger partial charge in [-0.3, -0.25) is 4.79 Å². The number of carbonyl (C=O) groups is 1. The van der Waals surface area contributed by atoms with E-state index in [1.54, 1.807) is 0 Å². The smallest absolute Gasteiger partial charge is 0.253 e. The molecule has 1 aromatic rings. The van der Waals surface area contributed by atoms with E-state index in [1.807, 2.05) is 29.2 Å². The second-order valence-electron chi connectivity index (χ2n) is 6.75. The normalized spacial score (nSPS) is 22.3. The number of nitrogens with zero attached hydrogens (tertiary/aromatic N) is 1. The van der Waals surface area contributed by atoms with Crippen molar-refractivity contribution in [3.8, 4) is 5.75 Å². The number of benzene rings is 1. The van der Waals surface area contributed by atoms with Crippen molar-refractivity contribution >= 4 is 40.3 Å². The summed E-state index contributed by atoms with van der Waals surface area (Å²) in [6.45, 7) is 5.97. The second-order valence-corrected chi connectivity index (χ2v) is 7.67. The third kappa shape index (κ3) is 3.73. The first-order chi connectivity index (χ1) is 10.4. The number of rotatable bonds is 1. The predicted molar refractivity (Wildman–Crippen MR) is 97.8 cm³/mol. The topological polar surface area (TPSA) is 55.6 Å². The van der Waals surface area contributed by atoms with Gasteiger partial charge >= 0.3 is 0 Å². The van der Waals surface area contributed by atoms with Gasteiger partial charge in [0.2, 0.25) is 0 Å². The summed E-state index contributed by atoms with van der Waals surface area (Å²) < 4.78 is 6.69. The van der Waals surface area contributed by atoms with Crippen LogP contribution in [0.1, 0.15) is 25.8 Å². The van der Waals surface area contributed by atoms with Gasteiger partial charge in [0.1, 0.15) is 12.4 Å². The maximum Gasteiger partial charge on any atom is 0.253 e. The molecular weight excluding hydrogens is 380 g/mol. The van der Waals surface area contributed by atoms with Crippen molar-refractivity contribution in [1.29, 1.82) is 0 Å². The molecule has 0 aliphatic carbocycles. The predicted octanol–water partition coefficient (Wildman–Crippen LogP) is 3.23. The van der Waals surface area contributed by atoms with Gasteiger partial charge in [-0.25, -0.2) is 0 Å². The minimum absolute atomic E-state index is 0. The monoisotopic (exact) mass is 400 g/mol. The van der Waals surface area contributed by atoms with E-state index in [4.69, 9.17) is 10.5 Å². The van der Waals surface area contributed by atoms with Crippen LogP contribution >= 0.6 is 28.3 Å². The molecule has 1 fully saturated rings. The van der Waals surface area contributed by atoms with Gasteiger partial charge in [-0.2, -0.15) is 0 Å². The molecular formula is C17H22BrClN2O2.